The predicted molar refractivity (Wildman–Crippen MR) is 187 cm³/mol. The zero-order valence-electron chi connectivity index (χ0n) is 26.6. The van der Waals surface area contributed by atoms with Crippen LogP contribution in [0.25, 0.3) is 0 Å². The van der Waals surface area contributed by atoms with Crippen LogP contribution in [0.15, 0.2) is 108 Å². The number of carbonyl (C=O) groups excluding carboxylic acids is 2. The van der Waals surface area contributed by atoms with Gasteiger partial charge in [0, 0.05) is 29.6 Å². The van der Waals surface area contributed by atoms with E-state index in [1.807, 2.05) is 51.1 Å². The van der Waals surface area contributed by atoms with E-state index < -0.39 is 28.5 Å². The molecule has 248 valence electrons. The molecular formula is C36H39Cl2N3O5S. The number of sulfonamides is 1. The molecule has 0 aliphatic carbocycles. The highest BCUT2D eigenvalue weighted by molar-refractivity contribution is 7.92. The number of nitrogens with one attached hydrogen (secondary N) is 1. The lowest BCUT2D eigenvalue weighted by atomic mass is 10.0. The Morgan fingerprint density at radius 1 is 0.809 bits per heavy atom. The zero-order valence-corrected chi connectivity index (χ0v) is 28.9. The molecule has 2 amide bonds. The molecule has 0 aliphatic rings. The highest BCUT2D eigenvalue weighted by Crippen LogP contribution is 2.28. The second-order valence-electron chi connectivity index (χ2n) is 11.4. The maximum atomic E-state index is 14.5. The number of nitrogens with zero attached hydrogens (tertiary/aromatic N) is 2. The van der Waals surface area contributed by atoms with Crippen molar-refractivity contribution in [3.8, 4) is 5.75 Å². The number of hydrogen-bond donors (Lipinski definition) is 1. The Morgan fingerprint density at radius 2 is 1.40 bits per heavy atom. The molecule has 4 aromatic rings. The van der Waals surface area contributed by atoms with Gasteiger partial charge in [-0.2, -0.15) is 0 Å². The molecule has 47 heavy (non-hydrogen) atoms. The lowest BCUT2D eigenvalue weighted by molar-refractivity contribution is -0.140. The molecule has 0 fully saturated rings. The van der Waals surface area contributed by atoms with Gasteiger partial charge in [0.2, 0.25) is 11.8 Å². The Morgan fingerprint density at radius 3 is 1.98 bits per heavy atom. The highest BCUT2D eigenvalue weighted by atomic mass is 35.5. The summed E-state index contributed by atoms with van der Waals surface area (Å²) in [6.45, 7) is 6.14. The highest BCUT2D eigenvalue weighted by Gasteiger charge is 2.34. The molecular weight excluding hydrogens is 657 g/mol. The number of hydrogen-bond acceptors (Lipinski definition) is 5. The lowest BCUT2D eigenvalue weighted by Gasteiger charge is -2.34. The van der Waals surface area contributed by atoms with E-state index in [9.17, 15) is 18.0 Å². The summed E-state index contributed by atoms with van der Waals surface area (Å²) in [4.78, 5) is 29.8. The van der Waals surface area contributed by atoms with Gasteiger partial charge in [0.25, 0.3) is 10.0 Å². The number of benzene rings is 4. The summed E-state index contributed by atoms with van der Waals surface area (Å²) in [7, 11) is -4.26. The van der Waals surface area contributed by atoms with E-state index in [0.29, 0.717) is 28.9 Å². The van der Waals surface area contributed by atoms with Crippen LogP contribution in [-0.4, -0.2) is 50.9 Å². The van der Waals surface area contributed by atoms with E-state index in [1.165, 1.54) is 29.2 Å². The van der Waals surface area contributed by atoms with Crippen LogP contribution in [0.2, 0.25) is 10.0 Å². The van der Waals surface area contributed by atoms with Gasteiger partial charge in [0.1, 0.15) is 18.3 Å². The van der Waals surface area contributed by atoms with Crippen LogP contribution in [-0.2, 0) is 32.6 Å². The molecule has 8 nitrogen and oxygen atoms in total. The number of amides is 2. The SMILES string of the molecule is CCOc1ccc(N(CC(=O)N(Cc2ccc(Cl)cc2)[C@@H](Cc2ccccc2)C(=O)NCC(C)C)S(=O)(=O)c2ccc(Cl)cc2)cc1. The number of carbonyl (C=O) groups is 2. The van der Waals surface area contributed by atoms with Crippen LogP contribution < -0.4 is 14.4 Å². The molecule has 11 heteroatoms. The van der Waals surface area contributed by atoms with Crippen LogP contribution in [0.5, 0.6) is 5.75 Å². The minimum atomic E-state index is -4.26. The second kappa shape index (κ2) is 16.7. The Balaban J connectivity index is 1.79. The van der Waals surface area contributed by atoms with E-state index in [1.54, 1.807) is 48.5 Å². The minimum Gasteiger partial charge on any atom is -0.494 e. The topological polar surface area (TPSA) is 96.0 Å². The first-order valence-electron chi connectivity index (χ1n) is 15.3. The van der Waals surface area contributed by atoms with Crippen molar-refractivity contribution in [2.45, 2.75) is 44.7 Å². The van der Waals surface area contributed by atoms with Crippen molar-refractivity contribution in [2.24, 2.45) is 5.92 Å². The average molecular weight is 697 g/mol. The quantitative estimate of drug-likeness (QED) is 0.145. The molecule has 0 unspecified atom stereocenters. The molecule has 0 saturated heterocycles. The van der Waals surface area contributed by atoms with Crippen LogP contribution in [0.4, 0.5) is 5.69 Å². The summed E-state index contributed by atoms with van der Waals surface area (Å²) in [6, 6.07) is 27.7. The Hall–Kier alpha value is -4.05. The van der Waals surface area contributed by atoms with Gasteiger partial charge in [0.05, 0.1) is 17.2 Å². The first kappa shape index (κ1) is 35.8. The third-order valence-corrected chi connectivity index (χ3v) is 9.63. The molecule has 4 rings (SSSR count). The normalized spacial score (nSPS) is 12.0. The van der Waals surface area contributed by atoms with E-state index in [-0.39, 0.29) is 35.4 Å². The van der Waals surface area contributed by atoms with Crippen molar-refractivity contribution in [3.05, 3.63) is 124 Å². The van der Waals surface area contributed by atoms with Gasteiger partial charge in [-0.05, 0) is 84.6 Å². The van der Waals surface area contributed by atoms with Crippen molar-refractivity contribution < 1.29 is 22.7 Å². The van der Waals surface area contributed by atoms with E-state index in [0.717, 1.165) is 15.4 Å². The summed E-state index contributed by atoms with van der Waals surface area (Å²) in [5, 5.41) is 3.88. The fourth-order valence-electron chi connectivity index (χ4n) is 4.90. The molecule has 0 spiro atoms. The first-order valence-corrected chi connectivity index (χ1v) is 17.5. The molecule has 0 aromatic heterocycles. The minimum absolute atomic E-state index is 0.0386. The molecule has 0 radical (unpaired) electrons. The van der Waals surface area contributed by atoms with Gasteiger partial charge in [0.15, 0.2) is 0 Å². The fraction of sp³-hybridized carbons (Fsp3) is 0.278. The zero-order chi connectivity index (χ0) is 34.0. The van der Waals surface area contributed by atoms with Crippen molar-refractivity contribution in [3.63, 3.8) is 0 Å². The van der Waals surface area contributed by atoms with Crippen molar-refractivity contribution in [1.82, 2.24) is 10.2 Å². The van der Waals surface area contributed by atoms with Gasteiger partial charge < -0.3 is 15.0 Å². The average Bonchev–Trinajstić information content (AvgIpc) is 3.06. The molecule has 0 aliphatic heterocycles. The number of rotatable bonds is 15. The number of ether oxygens (including phenoxy) is 1. The van der Waals surface area contributed by atoms with Crippen LogP contribution in [0.1, 0.15) is 31.9 Å². The van der Waals surface area contributed by atoms with Crippen molar-refractivity contribution in [1.29, 1.82) is 0 Å². The van der Waals surface area contributed by atoms with Crippen LogP contribution in [0, 0.1) is 5.92 Å². The monoisotopic (exact) mass is 695 g/mol. The molecule has 1 N–H and O–H groups in total. The molecule has 0 heterocycles. The van der Waals surface area contributed by atoms with E-state index in [2.05, 4.69) is 5.32 Å². The molecule has 4 aromatic carbocycles. The van der Waals surface area contributed by atoms with Crippen molar-refractivity contribution in [2.75, 3.05) is 24.0 Å². The summed E-state index contributed by atoms with van der Waals surface area (Å²) in [6.07, 6.45) is 0.219. The third-order valence-electron chi connectivity index (χ3n) is 7.34. The first-order chi connectivity index (χ1) is 22.5. The standard InChI is InChI=1S/C36H39Cl2N3O5S/c1-4-46-32-18-16-31(17-19-32)41(47(44,45)33-20-14-30(38)15-21-33)25-35(42)40(24-28-10-12-29(37)13-11-28)34(36(43)39-23-26(2)3)22-27-8-6-5-7-9-27/h5-21,26,34H,4,22-25H2,1-3H3,(H,39,43)/t34-/m0/s1. The maximum absolute atomic E-state index is 14.5. The van der Waals surface area contributed by atoms with Crippen LogP contribution >= 0.6 is 23.2 Å². The number of anilines is 1. The lowest BCUT2D eigenvalue weighted by Crippen LogP contribution is -2.53. The predicted octanol–water partition coefficient (Wildman–Crippen LogP) is 7.00. The van der Waals surface area contributed by atoms with Crippen LogP contribution in [0.3, 0.4) is 0 Å². The summed E-state index contributed by atoms with van der Waals surface area (Å²) in [5.74, 6) is -0.165. The van der Waals surface area contributed by atoms with Crippen molar-refractivity contribution >= 4 is 50.7 Å². The van der Waals surface area contributed by atoms with Gasteiger partial charge >= 0.3 is 0 Å². The fourth-order valence-corrected chi connectivity index (χ4v) is 6.57. The summed E-state index contributed by atoms with van der Waals surface area (Å²) in [5.41, 5.74) is 1.83. The summed E-state index contributed by atoms with van der Waals surface area (Å²) >= 11 is 12.2. The van der Waals surface area contributed by atoms with E-state index in [4.69, 9.17) is 27.9 Å². The largest absolute Gasteiger partial charge is 0.494 e. The molecule has 1 atom stereocenters. The number of halogens is 2. The maximum Gasteiger partial charge on any atom is 0.264 e. The Labute approximate surface area is 287 Å². The molecule has 0 saturated carbocycles. The Bertz CT molecular complexity index is 1720. The Kier molecular flexibility index (Phi) is 12.7. The third kappa shape index (κ3) is 9.97. The van der Waals surface area contributed by atoms with Gasteiger partial charge in [-0.3, -0.25) is 13.9 Å². The summed E-state index contributed by atoms with van der Waals surface area (Å²) < 4.78 is 34.9. The smallest absolute Gasteiger partial charge is 0.264 e. The second-order valence-corrected chi connectivity index (χ2v) is 14.1. The van der Waals surface area contributed by atoms with Gasteiger partial charge in [-0.25, -0.2) is 8.42 Å². The van der Waals surface area contributed by atoms with Gasteiger partial charge in [-0.15, -0.1) is 0 Å². The van der Waals surface area contributed by atoms with Gasteiger partial charge in [-0.1, -0.05) is 79.5 Å². The molecule has 0 bridgehead atoms. The van der Waals surface area contributed by atoms with E-state index >= 15 is 0 Å².